The van der Waals surface area contributed by atoms with Crippen LogP contribution < -0.4 is 0 Å². The second kappa shape index (κ2) is 4.34. The fourth-order valence-electron chi connectivity index (χ4n) is 2.45. The molecule has 4 heteroatoms. The summed E-state index contributed by atoms with van der Waals surface area (Å²) in [6.07, 6.45) is 0. The molecule has 0 amide bonds. The van der Waals surface area contributed by atoms with Crippen molar-refractivity contribution < 1.29 is 5.11 Å². The smallest absolute Gasteiger partial charge is 0.198 e. The molecule has 0 spiro atoms. The standard InChI is InChI=1S/C16H13BrN2O/c1-16(2,20)9-4-5-11-12(6-9)19-14-8-10(17)7-13(18-3)15(11)14/h4-8,19-20H,1-2H3. The summed E-state index contributed by atoms with van der Waals surface area (Å²) in [4.78, 5) is 6.93. The average Bonchev–Trinajstić information content (AvgIpc) is 2.73. The third-order valence-corrected chi connectivity index (χ3v) is 3.93. The van der Waals surface area contributed by atoms with Gasteiger partial charge in [0.2, 0.25) is 0 Å². The molecule has 2 N–H and O–H groups in total. The molecule has 100 valence electrons. The van der Waals surface area contributed by atoms with Crippen LogP contribution in [-0.2, 0) is 5.60 Å². The number of aromatic nitrogens is 1. The van der Waals surface area contributed by atoms with Gasteiger partial charge in [-0.1, -0.05) is 28.1 Å². The Morgan fingerprint density at radius 3 is 2.60 bits per heavy atom. The van der Waals surface area contributed by atoms with Crippen LogP contribution in [0.1, 0.15) is 19.4 Å². The molecule has 0 aliphatic carbocycles. The quantitative estimate of drug-likeness (QED) is 0.615. The van der Waals surface area contributed by atoms with E-state index in [1.807, 2.05) is 30.3 Å². The Bertz CT molecular complexity index is 866. The molecule has 0 aliphatic rings. The van der Waals surface area contributed by atoms with E-state index in [2.05, 4.69) is 25.8 Å². The molecule has 3 nitrogen and oxygen atoms in total. The molecular weight excluding hydrogens is 316 g/mol. The molecule has 0 bridgehead atoms. The number of nitrogens with one attached hydrogen (secondary N) is 1. The van der Waals surface area contributed by atoms with E-state index in [0.717, 1.165) is 31.8 Å². The molecule has 0 saturated heterocycles. The largest absolute Gasteiger partial charge is 0.386 e. The molecule has 0 fully saturated rings. The zero-order valence-electron chi connectivity index (χ0n) is 11.2. The average molecular weight is 329 g/mol. The number of H-pyrrole nitrogens is 1. The van der Waals surface area contributed by atoms with Crippen molar-refractivity contribution >= 4 is 43.4 Å². The van der Waals surface area contributed by atoms with Gasteiger partial charge in [0.25, 0.3) is 0 Å². The molecule has 1 aromatic heterocycles. The van der Waals surface area contributed by atoms with Crippen molar-refractivity contribution in [2.45, 2.75) is 19.4 Å². The van der Waals surface area contributed by atoms with Gasteiger partial charge < -0.3 is 10.1 Å². The van der Waals surface area contributed by atoms with Gasteiger partial charge in [-0.2, -0.15) is 0 Å². The van der Waals surface area contributed by atoms with Gasteiger partial charge in [0, 0.05) is 20.9 Å². The van der Waals surface area contributed by atoms with Crippen LogP contribution in [0.2, 0.25) is 0 Å². The number of fused-ring (bicyclic) bond motifs is 3. The number of hydrogen-bond donors (Lipinski definition) is 2. The number of aromatic amines is 1. The minimum atomic E-state index is -0.880. The number of rotatable bonds is 1. The normalized spacial score (nSPS) is 11.9. The van der Waals surface area contributed by atoms with Gasteiger partial charge in [0.15, 0.2) is 5.69 Å². The highest BCUT2D eigenvalue weighted by atomic mass is 79.9. The second-order valence-corrected chi connectivity index (χ2v) is 6.32. The van der Waals surface area contributed by atoms with Gasteiger partial charge in [-0.05, 0) is 43.0 Å². The topological polar surface area (TPSA) is 40.4 Å². The maximum Gasteiger partial charge on any atom is 0.198 e. The highest BCUT2D eigenvalue weighted by Crippen LogP contribution is 2.37. The van der Waals surface area contributed by atoms with Crippen LogP contribution >= 0.6 is 15.9 Å². The maximum absolute atomic E-state index is 10.1. The number of benzene rings is 2. The van der Waals surface area contributed by atoms with E-state index >= 15 is 0 Å². The van der Waals surface area contributed by atoms with Gasteiger partial charge in [-0.25, -0.2) is 4.85 Å². The molecular formula is C16H13BrN2O. The van der Waals surface area contributed by atoms with E-state index in [9.17, 15) is 5.11 Å². The molecule has 0 saturated carbocycles. The number of nitrogens with zero attached hydrogens (tertiary/aromatic N) is 1. The van der Waals surface area contributed by atoms with E-state index < -0.39 is 5.60 Å². The third kappa shape index (κ3) is 2.00. The van der Waals surface area contributed by atoms with Gasteiger partial charge in [-0.15, -0.1) is 0 Å². The minimum absolute atomic E-state index is 0.622. The van der Waals surface area contributed by atoms with E-state index in [0.29, 0.717) is 5.69 Å². The van der Waals surface area contributed by atoms with Crippen LogP contribution in [0.5, 0.6) is 0 Å². The molecule has 2 aromatic carbocycles. The lowest BCUT2D eigenvalue weighted by atomic mass is 9.97. The molecule has 0 aliphatic heterocycles. The summed E-state index contributed by atoms with van der Waals surface area (Å²) in [5.41, 5.74) is 2.45. The minimum Gasteiger partial charge on any atom is -0.386 e. The molecule has 3 aromatic rings. The van der Waals surface area contributed by atoms with Crippen LogP contribution in [-0.4, -0.2) is 10.1 Å². The van der Waals surface area contributed by atoms with Crippen LogP contribution in [0.3, 0.4) is 0 Å². The van der Waals surface area contributed by atoms with Gasteiger partial charge in [-0.3, -0.25) is 0 Å². The second-order valence-electron chi connectivity index (χ2n) is 5.40. The first-order valence-electron chi connectivity index (χ1n) is 6.25. The summed E-state index contributed by atoms with van der Waals surface area (Å²) in [6.45, 7) is 10.9. The summed E-state index contributed by atoms with van der Waals surface area (Å²) in [7, 11) is 0. The first kappa shape index (κ1) is 13.2. The van der Waals surface area contributed by atoms with E-state index in [-0.39, 0.29) is 0 Å². The van der Waals surface area contributed by atoms with Gasteiger partial charge >= 0.3 is 0 Å². The Morgan fingerprint density at radius 1 is 1.20 bits per heavy atom. The van der Waals surface area contributed by atoms with Crippen LogP contribution in [0, 0.1) is 6.57 Å². The summed E-state index contributed by atoms with van der Waals surface area (Å²) < 4.78 is 0.880. The van der Waals surface area contributed by atoms with Crippen molar-refractivity contribution in [1.82, 2.24) is 4.98 Å². The third-order valence-electron chi connectivity index (χ3n) is 3.47. The molecule has 20 heavy (non-hydrogen) atoms. The van der Waals surface area contributed by atoms with Crippen LogP contribution in [0.25, 0.3) is 26.7 Å². The molecule has 0 atom stereocenters. The molecule has 3 rings (SSSR count). The predicted molar refractivity (Wildman–Crippen MR) is 85.0 cm³/mol. The zero-order chi connectivity index (χ0) is 14.5. The lowest BCUT2D eigenvalue weighted by molar-refractivity contribution is 0.0787. The monoisotopic (exact) mass is 328 g/mol. The summed E-state index contributed by atoms with van der Waals surface area (Å²) in [5.74, 6) is 0. The highest BCUT2D eigenvalue weighted by molar-refractivity contribution is 9.10. The number of aliphatic hydroxyl groups is 1. The summed E-state index contributed by atoms with van der Waals surface area (Å²) >= 11 is 3.42. The first-order chi connectivity index (χ1) is 9.40. The van der Waals surface area contributed by atoms with E-state index in [1.165, 1.54) is 0 Å². The first-order valence-corrected chi connectivity index (χ1v) is 7.05. The molecule has 0 radical (unpaired) electrons. The van der Waals surface area contributed by atoms with E-state index in [1.54, 1.807) is 13.8 Å². The molecule has 1 heterocycles. The van der Waals surface area contributed by atoms with Crippen molar-refractivity contribution in [2.24, 2.45) is 0 Å². The summed E-state index contributed by atoms with van der Waals surface area (Å²) in [5, 5.41) is 12.0. The maximum atomic E-state index is 10.1. The van der Waals surface area contributed by atoms with Crippen LogP contribution in [0.4, 0.5) is 5.69 Å². The van der Waals surface area contributed by atoms with Crippen molar-refractivity contribution in [2.75, 3.05) is 0 Å². The Kier molecular flexibility index (Phi) is 2.86. The lowest BCUT2D eigenvalue weighted by Gasteiger charge is -2.17. The summed E-state index contributed by atoms with van der Waals surface area (Å²) in [6, 6.07) is 9.60. The predicted octanol–water partition coefficient (Wildman–Crippen LogP) is 4.86. The zero-order valence-corrected chi connectivity index (χ0v) is 12.7. The fraction of sp³-hybridized carbons (Fsp3) is 0.188. The fourth-order valence-corrected chi connectivity index (χ4v) is 2.90. The number of halogens is 1. The number of hydrogen-bond acceptors (Lipinski definition) is 1. The van der Waals surface area contributed by atoms with Crippen molar-refractivity contribution in [1.29, 1.82) is 0 Å². The molecule has 0 unspecified atom stereocenters. The van der Waals surface area contributed by atoms with Crippen molar-refractivity contribution in [3.8, 4) is 0 Å². The van der Waals surface area contributed by atoms with Crippen LogP contribution in [0.15, 0.2) is 34.8 Å². The lowest BCUT2D eigenvalue weighted by Crippen LogP contribution is -2.14. The van der Waals surface area contributed by atoms with Gasteiger partial charge in [0.1, 0.15) is 0 Å². The van der Waals surface area contributed by atoms with E-state index in [4.69, 9.17) is 6.57 Å². The van der Waals surface area contributed by atoms with Crippen molar-refractivity contribution in [3.05, 3.63) is 51.8 Å². The Morgan fingerprint density at radius 2 is 1.95 bits per heavy atom. The Labute approximate surface area is 125 Å². The highest BCUT2D eigenvalue weighted by Gasteiger charge is 2.18. The Hall–Kier alpha value is -1.83. The Balaban J connectivity index is 2.41. The van der Waals surface area contributed by atoms with Gasteiger partial charge in [0.05, 0.1) is 12.2 Å². The van der Waals surface area contributed by atoms with Crippen molar-refractivity contribution in [3.63, 3.8) is 0 Å². The SMILES string of the molecule is [C-]#[N+]c1cc(Br)cc2[nH]c3cc(C(C)(C)O)ccc3c12.